The Morgan fingerprint density at radius 2 is 2.11 bits per heavy atom. The third kappa shape index (κ3) is 3.05. The molecule has 0 radical (unpaired) electrons. The fourth-order valence-corrected chi connectivity index (χ4v) is 3.55. The molecule has 2 rings (SSSR count). The van der Waals surface area contributed by atoms with Gasteiger partial charge < -0.3 is 10.5 Å². The lowest BCUT2D eigenvalue weighted by molar-refractivity contribution is 0.0336. The van der Waals surface area contributed by atoms with Crippen LogP contribution in [-0.2, 0) is 4.74 Å². The Morgan fingerprint density at radius 1 is 1.33 bits per heavy atom. The topological polar surface area (TPSA) is 41.7 Å². The molecule has 0 saturated carbocycles. The van der Waals surface area contributed by atoms with Crippen LogP contribution in [0, 0.1) is 0 Å². The van der Waals surface area contributed by atoms with E-state index in [0.717, 1.165) is 32.3 Å². The average molecular weight is 255 g/mol. The zero-order chi connectivity index (χ0) is 13.0. The van der Waals surface area contributed by atoms with E-state index in [9.17, 15) is 0 Å². The van der Waals surface area contributed by atoms with Crippen molar-refractivity contribution in [1.29, 1.82) is 0 Å². The molecule has 0 aromatic carbocycles. The molecule has 0 aliphatic carbocycles. The SMILES string of the molecule is CCN(CC)C1CCN(C(CN)C2CCCO2)C1. The summed E-state index contributed by atoms with van der Waals surface area (Å²) in [5.41, 5.74) is 5.98. The van der Waals surface area contributed by atoms with Crippen molar-refractivity contribution in [2.75, 3.05) is 39.3 Å². The Balaban J connectivity index is 1.89. The van der Waals surface area contributed by atoms with Crippen LogP contribution in [0.5, 0.6) is 0 Å². The molecule has 2 saturated heterocycles. The first-order valence-electron chi connectivity index (χ1n) is 7.59. The van der Waals surface area contributed by atoms with E-state index < -0.39 is 0 Å². The molecule has 2 fully saturated rings. The molecule has 0 amide bonds. The molecule has 106 valence electrons. The molecule has 0 aromatic heterocycles. The van der Waals surface area contributed by atoms with Gasteiger partial charge in [0.15, 0.2) is 0 Å². The number of hydrogen-bond donors (Lipinski definition) is 1. The van der Waals surface area contributed by atoms with Crippen LogP contribution in [0.4, 0.5) is 0 Å². The van der Waals surface area contributed by atoms with Crippen LogP contribution < -0.4 is 5.73 Å². The monoisotopic (exact) mass is 255 g/mol. The van der Waals surface area contributed by atoms with Gasteiger partial charge in [0.2, 0.25) is 0 Å². The Hall–Kier alpha value is -0.160. The van der Waals surface area contributed by atoms with Crippen LogP contribution in [0.1, 0.15) is 33.1 Å². The zero-order valence-electron chi connectivity index (χ0n) is 12.0. The van der Waals surface area contributed by atoms with Gasteiger partial charge in [-0.1, -0.05) is 13.8 Å². The van der Waals surface area contributed by atoms with Gasteiger partial charge in [-0.05, 0) is 32.4 Å². The number of rotatable bonds is 6. The van der Waals surface area contributed by atoms with Crippen LogP contribution in [0.2, 0.25) is 0 Å². The molecule has 2 heterocycles. The molecule has 18 heavy (non-hydrogen) atoms. The average Bonchev–Trinajstić information content (AvgIpc) is 3.04. The summed E-state index contributed by atoms with van der Waals surface area (Å²) in [7, 11) is 0. The highest BCUT2D eigenvalue weighted by molar-refractivity contribution is 4.91. The summed E-state index contributed by atoms with van der Waals surface area (Å²) in [5, 5.41) is 0. The Labute approximate surface area is 111 Å². The number of likely N-dealkylation sites (N-methyl/N-ethyl adjacent to an activating group) is 1. The second-order valence-corrected chi connectivity index (χ2v) is 5.51. The first-order chi connectivity index (χ1) is 8.80. The number of ether oxygens (including phenoxy) is 1. The number of nitrogens with zero attached hydrogens (tertiary/aromatic N) is 2. The molecule has 2 aliphatic heterocycles. The van der Waals surface area contributed by atoms with Gasteiger partial charge >= 0.3 is 0 Å². The lowest BCUT2D eigenvalue weighted by atomic mass is 10.1. The number of likely N-dealkylation sites (tertiary alicyclic amines) is 1. The van der Waals surface area contributed by atoms with Crippen molar-refractivity contribution < 1.29 is 4.74 Å². The standard InChI is InChI=1S/C14H29N3O/c1-3-16(4-2)12-7-8-17(11-12)13(10-15)14-6-5-9-18-14/h12-14H,3-11,15H2,1-2H3. The summed E-state index contributed by atoms with van der Waals surface area (Å²) in [6, 6.07) is 1.16. The highest BCUT2D eigenvalue weighted by Crippen LogP contribution is 2.24. The number of hydrogen-bond acceptors (Lipinski definition) is 4. The Morgan fingerprint density at radius 3 is 2.67 bits per heavy atom. The van der Waals surface area contributed by atoms with Crippen LogP contribution in [-0.4, -0.2) is 67.3 Å². The van der Waals surface area contributed by atoms with Crippen molar-refractivity contribution in [2.45, 2.75) is 51.3 Å². The minimum atomic E-state index is 0.380. The maximum atomic E-state index is 5.98. The molecule has 0 spiro atoms. The summed E-state index contributed by atoms with van der Waals surface area (Å²) in [4.78, 5) is 5.14. The summed E-state index contributed by atoms with van der Waals surface area (Å²) in [6.45, 7) is 10.8. The van der Waals surface area contributed by atoms with Gasteiger partial charge in [-0.15, -0.1) is 0 Å². The van der Waals surface area contributed by atoms with E-state index in [1.165, 1.54) is 32.4 Å². The van der Waals surface area contributed by atoms with Crippen molar-refractivity contribution in [2.24, 2.45) is 5.73 Å². The quantitative estimate of drug-likeness (QED) is 0.766. The van der Waals surface area contributed by atoms with Gasteiger partial charge in [-0.3, -0.25) is 9.80 Å². The predicted molar refractivity (Wildman–Crippen MR) is 74.7 cm³/mol. The van der Waals surface area contributed by atoms with Gasteiger partial charge in [0.25, 0.3) is 0 Å². The minimum absolute atomic E-state index is 0.380. The van der Waals surface area contributed by atoms with Crippen LogP contribution in [0.15, 0.2) is 0 Å². The lowest BCUT2D eigenvalue weighted by Crippen LogP contribution is -2.48. The van der Waals surface area contributed by atoms with E-state index in [2.05, 4.69) is 23.6 Å². The maximum Gasteiger partial charge on any atom is 0.0743 e. The first kappa shape index (κ1) is 14.3. The van der Waals surface area contributed by atoms with Crippen molar-refractivity contribution in [3.8, 4) is 0 Å². The van der Waals surface area contributed by atoms with Crippen LogP contribution in [0.25, 0.3) is 0 Å². The molecule has 2 N–H and O–H groups in total. The second kappa shape index (κ2) is 6.85. The molecular formula is C14H29N3O. The lowest BCUT2D eigenvalue weighted by Gasteiger charge is -2.32. The van der Waals surface area contributed by atoms with Gasteiger partial charge in [0, 0.05) is 38.3 Å². The van der Waals surface area contributed by atoms with Crippen LogP contribution in [0.3, 0.4) is 0 Å². The van der Waals surface area contributed by atoms with Gasteiger partial charge in [0.1, 0.15) is 0 Å². The fourth-order valence-electron chi connectivity index (χ4n) is 3.55. The van der Waals surface area contributed by atoms with E-state index in [4.69, 9.17) is 10.5 Å². The van der Waals surface area contributed by atoms with E-state index in [-0.39, 0.29) is 0 Å². The molecule has 4 nitrogen and oxygen atoms in total. The van der Waals surface area contributed by atoms with E-state index >= 15 is 0 Å². The van der Waals surface area contributed by atoms with E-state index in [0.29, 0.717) is 12.1 Å². The van der Waals surface area contributed by atoms with Crippen LogP contribution >= 0.6 is 0 Å². The van der Waals surface area contributed by atoms with Crippen molar-refractivity contribution >= 4 is 0 Å². The third-order valence-corrected chi connectivity index (χ3v) is 4.63. The van der Waals surface area contributed by atoms with Gasteiger partial charge in [-0.25, -0.2) is 0 Å². The summed E-state index contributed by atoms with van der Waals surface area (Å²) in [5.74, 6) is 0. The largest absolute Gasteiger partial charge is 0.377 e. The molecule has 4 heteroatoms. The van der Waals surface area contributed by atoms with Crippen molar-refractivity contribution in [1.82, 2.24) is 9.80 Å². The molecule has 0 bridgehead atoms. The van der Waals surface area contributed by atoms with Crippen molar-refractivity contribution in [3.05, 3.63) is 0 Å². The summed E-state index contributed by atoms with van der Waals surface area (Å²) in [6.07, 6.45) is 4.05. The highest BCUT2D eigenvalue weighted by Gasteiger charge is 2.35. The Kier molecular flexibility index (Phi) is 5.42. The molecule has 3 atom stereocenters. The maximum absolute atomic E-state index is 5.98. The third-order valence-electron chi connectivity index (χ3n) is 4.63. The molecule has 0 aromatic rings. The van der Waals surface area contributed by atoms with Gasteiger partial charge in [0.05, 0.1) is 6.10 Å². The smallest absolute Gasteiger partial charge is 0.0743 e. The Bertz CT molecular complexity index is 239. The first-order valence-corrected chi connectivity index (χ1v) is 7.59. The predicted octanol–water partition coefficient (Wildman–Crippen LogP) is 0.909. The van der Waals surface area contributed by atoms with Gasteiger partial charge in [-0.2, -0.15) is 0 Å². The molecular weight excluding hydrogens is 226 g/mol. The van der Waals surface area contributed by atoms with E-state index in [1.807, 2.05) is 0 Å². The summed E-state index contributed by atoms with van der Waals surface area (Å²) >= 11 is 0. The zero-order valence-corrected chi connectivity index (χ0v) is 12.0. The molecule has 3 unspecified atom stereocenters. The second-order valence-electron chi connectivity index (χ2n) is 5.51. The fraction of sp³-hybridized carbons (Fsp3) is 1.00. The number of nitrogens with two attached hydrogens (primary N) is 1. The molecule has 2 aliphatic rings. The normalized spacial score (nSPS) is 31.3. The highest BCUT2D eigenvalue weighted by atomic mass is 16.5. The minimum Gasteiger partial charge on any atom is -0.377 e. The van der Waals surface area contributed by atoms with Crippen molar-refractivity contribution in [3.63, 3.8) is 0 Å². The van der Waals surface area contributed by atoms with E-state index in [1.54, 1.807) is 0 Å². The summed E-state index contributed by atoms with van der Waals surface area (Å²) < 4.78 is 5.83.